The molecule has 2 N–H and O–H groups in total. The summed E-state index contributed by atoms with van der Waals surface area (Å²) in [4.78, 5) is 14.0. The summed E-state index contributed by atoms with van der Waals surface area (Å²) in [5.41, 5.74) is 5.76. The number of carbonyl (C=O) groups excluding carboxylic acids is 1. The molecule has 1 aromatic carbocycles. The molecule has 1 heterocycles. The first-order valence-corrected chi connectivity index (χ1v) is 6.74. The second kappa shape index (κ2) is 5.04. The van der Waals surface area contributed by atoms with Crippen LogP contribution in [-0.2, 0) is 0 Å². The van der Waals surface area contributed by atoms with Gasteiger partial charge in [0.05, 0.1) is 5.56 Å². The third-order valence-corrected chi connectivity index (χ3v) is 4.02. The number of likely N-dealkylation sites (tertiary alicyclic amines) is 1. The van der Waals surface area contributed by atoms with Gasteiger partial charge >= 0.3 is 0 Å². The number of anilines is 1. The molecular weight excluding hydrogens is 262 g/mol. The van der Waals surface area contributed by atoms with Gasteiger partial charge in [-0.15, -0.1) is 0 Å². The van der Waals surface area contributed by atoms with E-state index in [0.717, 1.165) is 18.6 Å². The van der Waals surface area contributed by atoms with E-state index in [9.17, 15) is 13.6 Å². The lowest BCUT2D eigenvalue weighted by atomic mass is 9.80. The molecule has 2 rings (SSSR count). The highest BCUT2D eigenvalue weighted by atomic mass is 19.2. The SMILES string of the molecule is CC(C)(C)C1CCN(C(=O)c2cc(F)c(F)cc2N)C1. The van der Waals surface area contributed by atoms with Crippen LogP contribution < -0.4 is 5.73 Å². The standard InChI is InChI=1S/C15H20F2N2O/c1-15(2,3)9-4-5-19(8-9)14(20)10-6-11(16)12(17)7-13(10)18/h6-7,9H,4-5,8,18H2,1-3H3. The van der Waals surface area contributed by atoms with E-state index in [2.05, 4.69) is 20.8 Å². The van der Waals surface area contributed by atoms with Crippen molar-refractivity contribution in [1.29, 1.82) is 0 Å². The number of benzene rings is 1. The average Bonchev–Trinajstić information content (AvgIpc) is 2.82. The van der Waals surface area contributed by atoms with Crippen LogP contribution in [-0.4, -0.2) is 23.9 Å². The van der Waals surface area contributed by atoms with Crippen molar-refractivity contribution < 1.29 is 13.6 Å². The maximum absolute atomic E-state index is 13.3. The van der Waals surface area contributed by atoms with Crippen molar-refractivity contribution in [2.45, 2.75) is 27.2 Å². The number of amides is 1. The van der Waals surface area contributed by atoms with Gasteiger partial charge in [0.25, 0.3) is 5.91 Å². The van der Waals surface area contributed by atoms with Gasteiger partial charge in [-0.3, -0.25) is 4.79 Å². The summed E-state index contributed by atoms with van der Waals surface area (Å²) in [5, 5.41) is 0. The zero-order valence-electron chi connectivity index (χ0n) is 12.0. The predicted octanol–water partition coefficient (Wildman–Crippen LogP) is 3.06. The van der Waals surface area contributed by atoms with Crippen molar-refractivity contribution >= 4 is 11.6 Å². The Kier molecular flexibility index (Phi) is 3.71. The number of rotatable bonds is 1. The zero-order valence-corrected chi connectivity index (χ0v) is 12.0. The number of nitrogen functional groups attached to an aromatic ring is 1. The Labute approximate surface area is 117 Å². The van der Waals surface area contributed by atoms with Crippen molar-refractivity contribution in [2.24, 2.45) is 11.3 Å². The number of hydrogen-bond acceptors (Lipinski definition) is 2. The molecule has 5 heteroatoms. The van der Waals surface area contributed by atoms with Crippen LogP contribution in [0.5, 0.6) is 0 Å². The van der Waals surface area contributed by atoms with Crippen LogP contribution in [0, 0.1) is 23.0 Å². The first kappa shape index (κ1) is 14.8. The number of nitrogens with two attached hydrogens (primary N) is 1. The van der Waals surface area contributed by atoms with Crippen molar-refractivity contribution in [1.82, 2.24) is 4.90 Å². The minimum absolute atomic E-state index is 0.0203. The van der Waals surface area contributed by atoms with Gasteiger partial charge in [0, 0.05) is 24.8 Å². The Balaban J connectivity index is 2.20. The Hall–Kier alpha value is -1.65. The van der Waals surface area contributed by atoms with Crippen LogP contribution >= 0.6 is 0 Å². The lowest BCUT2D eigenvalue weighted by molar-refractivity contribution is 0.0777. The van der Waals surface area contributed by atoms with Crippen LogP contribution in [0.3, 0.4) is 0 Å². The van der Waals surface area contributed by atoms with Gasteiger partial charge < -0.3 is 10.6 Å². The lowest BCUT2D eigenvalue weighted by Gasteiger charge is -2.27. The maximum atomic E-state index is 13.3. The summed E-state index contributed by atoms with van der Waals surface area (Å²) in [6.07, 6.45) is 0.915. The molecule has 1 aromatic rings. The molecule has 0 aliphatic carbocycles. The first-order valence-electron chi connectivity index (χ1n) is 6.74. The molecule has 1 aliphatic heterocycles. The Morgan fingerprint density at radius 1 is 1.30 bits per heavy atom. The minimum atomic E-state index is -1.05. The molecule has 0 aromatic heterocycles. The Bertz CT molecular complexity index is 537. The Morgan fingerprint density at radius 2 is 1.90 bits per heavy atom. The van der Waals surface area contributed by atoms with Gasteiger partial charge in [0.2, 0.25) is 0 Å². The van der Waals surface area contributed by atoms with Gasteiger partial charge in [-0.05, 0) is 23.8 Å². The molecule has 0 radical (unpaired) electrons. The molecule has 1 saturated heterocycles. The highest BCUT2D eigenvalue weighted by Crippen LogP contribution is 2.34. The zero-order chi connectivity index (χ0) is 15.1. The van der Waals surface area contributed by atoms with Gasteiger partial charge in [-0.2, -0.15) is 0 Å². The third-order valence-electron chi connectivity index (χ3n) is 4.02. The Morgan fingerprint density at radius 3 is 2.45 bits per heavy atom. The predicted molar refractivity (Wildman–Crippen MR) is 74.2 cm³/mol. The van der Waals surface area contributed by atoms with E-state index in [0.29, 0.717) is 19.0 Å². The van der Waals surface area contributed by atoms with Crippen molar-refractivity contribution in [3.8, 4) is 0 Å². The molecule has 0 saturated carbocycles. The summed E-state index contributed by atoms with van der Waals surface area (Å²) >= 11 is 0. The van der Waals surface area contributed by atoms with Crippen LogP contribution in [0.2, 0.25) is 0 Å². The maximum Gasteiger partial charge on any atom is 0.256 e. The monoisotopic (exact) mass is 282 g/mol. The molecule has 1 amide bonds. The van der Waals surface area contributed by atoms with Gasteiger partial charge in [-0.1, -0.05) is 20.8 Å². The van der Waals surface area contributed by atoms with E-state index in [4.69, 9.17) is 5.73 Å². The molecule has 1 fully saturated rings. The normalized spacial score (nSPS) is 19.4. The topological polar surface area (TPSA) is 46.3 Å². The summed E-state index contributed by atoms with van der Waals surface area (Å²) in [5.74, 6) is -2.01. The van der Waals surface area contributed by atoms with Crippen LogP contribution in [0.25, 0.3) is 0 Å². The van der Waals surface area contributed by atoms with Gasteiger partial charge in [0.15, 0.2) is 11.6 Å². The lowest BCUT2D eigenvalue weighted by Crippen LogP contribution is -2.31. The van der Waals surface area contributed by atoms with Gasteiger partial charge in [-0.25, -0.2) is 8.78 Å². The average molecular weight is 282 g/mol. The highest BCUT2D eigenvalue weighted by Gasteiger charge is 2.34. The fourth-order valence-electron chi connectivity index (χ4n) is 2.57. The number of nitrogens with zero attached hydrogens (tertiary/aromatic N) is 1. The molecule has 3 nitrogen and oxygen atoms in total. The molecule has 1 atom stereocenters. The van der Waals surface area contributed by atoms with E-state index in [-0.39, 0.29) is 22.6 Å². The highest BCUT2D eigenvalue weighted by molar-refractivity contribution is 5.99. The van der Waals surface area contributed by atoms with E-state index >= 15 is 0 Å². The second-order valence-corrected chi connectivity index (χ2v) is 6.46. The summed E-state index contributed by atoms with van der Waals surface area (Å²) < 4.78 is 26.3. The van der Waals surface area contributed by atoms with E-state index in [1.54, 1.807) is 4.90 Å². The second-order valence-electron chi connectivity index (χ2n) is 6.46. The number of halogens is 2. The smallest absolute Gasteiger partial charge is 0.256 e. The van der Waals surface area contributed by atoms with Gasteiger partial charge in [0.1, 0.15) is 0 Å². The molecule has 0 spiro atoms. The molecule has 0 bridgehead atoms. The van der Waals surface area contributed by atoms with E-state index in [1.165, 1.54) is 0 Å². The quantitative estimate of drug-likeness (QED) is 0.805. The number of carbonyl (C=O) groups is 1. The minimum Gasteiger partial charge on any atom is -0.398 e. The molecule has 1 unspecified atom stereocenters. The summed E-state index contributed by atoms with van der Waals surface area (Å²) in [6, 6.07) is 1.75. The van der Waals surface area contributed by atoms with Crippen LogP contribution in [0.15, 0.2) is 12.1 Å². The first-order chi connectivity index (χ1) is 9.20. The van der Waals surface area contributed by atoms with Crippen molar-refractivity contribution in [3.63, 3.8) is 0 Å². The third kappa shape index (κ3) is 2.76. The van der Waals surface area contributed by atoms with Crippen molar-refractivity contribution in [2.75, 3.05) is 18.8 Å². The molecule has 110 valence electrons. The molecule has 1 aliphatic rings. The fourth-order valence-corrected chi connectivity index (χ4v) is 2.57. The van der Waals surface area contributed by atoms with E-state index in [1.807, 2.05) is 0 Å². The fraction of sp³-hybridized carbons (Fsp3) is 0.533. The summed E-state index contributed by atoms with van der Waals surface area (Å²) in [7, 11) is 0. The largest absolute Gasteiger partial charge is 0.398 e. The van der Waals surface area contributed by atoms with Crippen LogP contribution in [0.1, 0.15) is 37.6 Å². The number of hydrogen-bond donors (Lipinski definition) is 1. The van der Waals surface area contributed by atoms with Crippen LogP contribution in [0.4, 0.5) is 14.5 Å². The summed E-state index contributed by atoms with van der Waals surface area (Å²) in [6.45, 7) is 7.66. The van der Waals surface area contributed by atoms with Crippen molar-refractivity contribution in [3.05, 3.63) is 29.3 Å². The molecular formula is C15H20F2N2O. The molecule has 20 heavy (non-hydrogen) atoms. The van der Waals surface area contributed by atoms with E-state index < -0.39 is 11.6 Å².